The van der Waals surface area contributed by atoms with E-state index >= 15 is 0 Å². The van der Waals surface area contributed by atoms with Crippen LogP contribution in [-0.2, 0) is 10.8 Å². The van der Waals surface area contributed by atoms with E-state index in [1.165, 1.54) is 6.20 Å². The summed E-state index contributed by atoms with van der Waals surface area (Å²) in [6.45, 7) is 0. The number of anilines is 1. The Bertz CT molecular complexity index is 628. The van der Waals surface area contributed by atoms with Crippen molar-refractivity contribution in [2.75, 3.05) is 5.32 Å². The van der Waals surface area contributed by atoms with Crippen LogP contribution in [0.4, 0.5) is 10.5 Å². The molecule has 84 valence electrons. The van der Waals surface area contributed by atoms with Crippen LogP contribution in [-0.4, -0.2) is 19.4 Å². The Labute approximate surface area is 99.4 Å². The molecule has 0 saturated carbocycles. The van der Waals surface area contributed by atoms with Crippen LogP contribution in [0.2, 0.25) is 0 Å². The highest BCUT2D eigenvalue weighted by Crippen LogP contribution is 2.26. The molecule has 0 fully saturated rings. The summed E-state index contributed by atoms with van der Waals surface area (Å²) in [6, 6.07) is 9.34. The third-order valence-electron chi connectivity index (χ3n) is 2.37. The van der Waals surface area contributed by atoms with Crippen LogP contribution in [0.3, 0.4) is 0 Å². The van der Waals surface area contributed by atoms with E-state index in [0.29, 0.717) is 11.5 Å². The number of carbonyl (C=O) groups is 1. The second kappa shape index (κ2) is 3.74. The number of fused-ring (bicyclic) bond motifs is 1. The maximum absolute atomic E-state index is 11.6. The van der Waals surface area contributed by atoms with Crippen LogP contribution in [0.25, 0.3) is 11.4 Å². The maximum Gasteiger partial charge on any atom is 0.320 e. The first-order valence-corrected chi connectivity index (χ1v) is 6.06. The molecule has 1 N–H and O–H groups in total. The molecule has 0 radical (unpaired) electrons. The minimum Gasteiger partial charge on any atom is -0.311 e. The Kier molecular flexibility index (Phi) is 2.22. The Morgan fingerprint density at radius 2 is 1.94 bits per heavy atom. The van der Waals surface area contributed by atoms with Crippen LogP contribution < -0.4 is 5.32 Å². The molecule has 1 unspecified atom stereocenters. The number of carbonyl (C=O) groups excluding carboxylic acids is 1. The minimum absolute atomic E-state index is 0.254. The molecule has 6 heteroatoms. The van der Waals surface area contributed by atoms with Gasteiger partial charge in [0.1, 0.15) is 0 Å². The molecule has 1 aliphatic heterocycles. The van der Waals surface area contributed by atoms with Gasteiger partial charge in [0.2, 0.25) is 0 Å². The van der Waals surface area contributed by atoms with E-state index in [2.05, 4.69) is 15.3 Å². The lowest BCUT2D eigenvalue weighted by molar-refractivity contribution is 0.269. The molecule has 0 spiro atoms. The van der Waals surface area contributed by atoms with Crippen molar-refractivity contribution in [2.45, 2.75) is 5.03 Å². The second-order valence-electron chi connectivity index (χ2n) is 3.46. The summed E-state index contributed by atoms with van der Waals surface area (Å²) in [4.78, 5) is 19.5. The van der Waals surface area contributed by atoms with E-state index in [1.807, 2.05) is 30.3 Å². The summed E-state index contributed by atoms with van der Waals surface area (Å²) in [7, 11) is -1.73. The van der Waals surface area contributed by atoms with Crippen molar-refractivity contribution >= 4 is 21.7 Å². The zero-order valence-electron chi connectivity index (χ0n) is 8.58. The zero-order chi connectivity index (χ0) is 11.8. The Morgan fingerprint density at radius 3 is 2.71 bits per heavy atom. The zero-order valence-corrected chi connectivity index (χ0v) is 9.40. The van der Waals surface area contributed by atoms with Gasteiger partial charge in [-0.05, 0) is 0 Å². The summed E-state index contributed by atoms with van der Waals surface area (Å²) < 4.78 is 11.6. The van der Waals surface area contributed by atoms with Gasteiger partial charge in [-0.1, -0.05) is 30.3 Å². The van der Waals surface area contributed by atoms with Gasteiger partial charge in [-0.15, -0.1) is 0 Å². The molecule has 1 aliphatic rings. The van der Waals surface area contributed by atoms with E-state index in [4.69, 9.17) is 0 Å². The normalized spacial score (nSPS) is 17.6. The first-order chi connectivity index (χ1) is 8.25. The first kappa shape index (κ1) is 10.1. The van der Waals surface area contributed by atoms with Crippen LogP contribution in [0.1, 0.15) is 0 Å². The molecular formula is C11H7N3O2S. The summed E-state index contributed by atoms with van der Waals surface area (Å²) in [5.41, 5.74) is 1.25. The van der Waals surface area contributed by atoms with Gasteiger partial charge in [0, 0.05) is 5.56 Å². The lowest BCUT2D eigenvalue weighted by Crippen LogP contribution is -2.05. The highest BCUT2D eigenvalue weighted by atomic mass is 32.2. The van der Waals surface area contributed by atoms with E-state index < -0.39 is 16.0 Å². The summed E-state index contributed by atoms with van der Waals surface area (Å²) in [6.07, 6.45) is 1.48. The monoisotopic (exact) mass is 245 g/mol. The summed E-state index contributed by atoms with van der Waals surface area (Å²) in [5.74, 6) is 0.467. The molecule has 1 atom stereocenters. The van der Waals surface area contributed by atoms with Gasteiger partial charge >= 0.3 is 5.24 Å². The molecule has 0 saturated heterocycles. The van der Waals surface area contributed by atoms with E-state index in [9.17, 15) is 9.00 Å². The molecule has 1 amide bonds. The van der Waals surface area contributed by atoms with Crippen LogP contribution in [0.15, 0.2) is 41.6 Å². The van der Waals surface area contributed by atoms with E-state index in [-0.39, 0.29) is 5.03 Å². The Balaban J connectivity index is 2.12. The molecule has 0 aliphatic carbocycles. The lowest BCUT2D eigenvalue weighted by atomic mass is 10.2. The second-order valence-corrected chi connectivity index (χ2v) is 4.75. The van der Waals surface area contributed by atoms with Crippen LogP contribution in [0, 0.1) is 0 Å². The molecule has 1 aromatic heterocycles. The summed E-state index contributed by atoms with van der Waals surface area (Å²) >= 11 is 0. The number of amides is 1. The molecule has 17 heavy (non-hydrogen) atoms. The smallest absolute Gasteiger partial charge is 0.311 e. The molecule has 5 nitrogen and oxygen atoms in total. The van der Waals surface area contributed by atoms with Gasteiger partial charge in [0.15, 0.2) is 21.6 Å². The highest BCUT2D eigenvalue weighted by molar-refractivity contribution is 8.01. The van der Waals surface area contributed by atoms with E-state index in [1.54, 1.807) is 0 Å². The van der Waals surface area contributed by atoms with Crippen molar-refractivity contribution in [1.82, 2.24) is 9.97 Å². The number of hydrogen-bond acceptors (Lipinski definition) is 4. The van der Waals surface area contributed by atoms with Crippen LogP contribution in [0.5, 0.6) is 0 Å². The third-order valence-corrected chi connectivity index (χ3v) is 3.47. The predicted octanol–water partition coefficient (Wildman–Crippen LogP) is 1.80. The number of hydrogen-bond donors (Lipinski definition) is 1. The van der Waals surface area contributed by atoms with Gasteiger partial charge < -0.3 is 5.32 Å². The van der Waals surface area contributed by atoms with Crippen molar-refractivity contribution in [3.63, 3.8) is 0 Å². The Morgan fingerprint density at radius 1 is 1.18 bits per heavy atom. The molecule has 2 heterocycles. The molecule has 2 aromatic rings. The largest absolute Gasteiger partial charge is 0.320 e. The van der Waals surface area contributed by atoms with Crippen LogP contribution >= 0.6 is 0 Å². The number of rotatable bonds is 1. The number of benzene rings is 1. The molecule has 1 aromatic carbocycles. The van der Waals surface area contributed by atoms with Crippen molar-refractivity contribution in [2.24, 2.45) is 0 Å². The third kappa shape index (κ3) is 1.62. The number of nitrogens with zero attached hydrogens (tertiary/aromatic N) is 2. The predicted molar refractivity (Wildman–Crippen MR) is 62.9 cm³/mol. The molecule has 0 bridgehead atoms. The Hall–Kier alpha value is -2.08. The SMILES string of the molecule is O=C1Nc2cnc(-c3ccccc3)nc2S1=O. The highest BCUT2D eigenvalue weighted by Gasteiger charge is 2.29. The molecular weight excluding hydrogens is 238 g/mol. The van der Waals surface area contributed by atoms with Gasteiger partial charge in [-0.2, -0.15) is 0 Å². The quantitative estimate of drug-likeness (QED) is 0.777. The van der Waals surface area contributed by atoms with Crippen molar-refractivity contribution in [3.8, 4) is 11.4 Å². The van der Waals surface area contributed by atoms with Crippen molar-refractivity contribution in [1.29, 1.82) is 0 Å². The lowest BCUT2D eigenvalue weighted by Gasteiger charge is -2.00. The van der Waals surface area contributed by atoms with Gasteiger partial charge in [0.05, 0.1) is 11.9 Å². The fourth-order valence-electron chi connectivity index (χ4n) is 1.56. The fraction of sp³-hybridized carbons (Fsp3) is 0. The van der Waals surface area contributed by atoms with E-state index in [0.717, 1.165) is 5.56 Å². The van der Waals surface area contributed by atoms with Gasteiger partial charge in [-0.25, -0.2) is 14.2 Å². The standard InChI is InChI=1S/C11H7N3O2S/c15-11-13-8-6-12-9(14-10(8)17(11)16)7-4-2-1-3-5-7/h1-6H,(H,13,15). The first-order valence-electron chi connectivity index (χ1n) is 4.91. The van der Waals surface area contributed by atoms with Crippen molar-refractivity contribution in [3.05, 3.63) is 36.5 Å². The molecule has 3 rings (SSSR count). The minimum atomic E-state index is -1.73. The topological polar surface area (TPSA) is 72.0 Å². The summed E-state index contributed by atoms with van der Waals surface area (Å²) in [5, 5.41) is 2.17. The average Bonchev–Trinajstić information content (AvgIpc) is 2.66. The fourth-order valence-corrected chi connectivity index (χ4v) is 2.41. The average molecular weight is 245 g/mol. The van der Waals surface area contributed by atoms with Crippen molar-refractivity contribution < 1.29 is 9.00 Å². The van der Waals surface area contributed by atoms with Gasteiger partial charge in [-0.3, -0.25) is 4.79 Å². The number of aromatic nitrogens is 2. The van der Waals surface area contributed by atoms with Gasteiger partial charge in [0.25, 0.3) is 0 Å². The number of nitrogens with one attached hydrogen (secondary N) is 1. The maximum atomic E-state index is 11.6.